The Hall–Kier alpha value is -2.45. The van der Waals surface area contributed by atoms with Crippen LogP contribution in [0.25, 0.3) is 0 Å². The van der Waals surface area contributed by atoms with E-state index < -0.39 is 12.0 Å². The maximum absolute atomic E-state index is 10.1. The van der Waals surface area contributed by atoms with Gasteiger partial charge >= 0.3 is 12.0 Å². The Bertz CT molecular complexity index is 427. The lowest BCUT2D eigenvalue weighted by molar-refractivity contribution is -0.137. The van der Waals surface area contributed by atoms with Crippen LogP contribution < -0.4 is 10.6 Å². The second-order valence-corrected chi connectivity index (χ2v) is 3.18. The van der Waals surface area contributed by atoms with Crippen molar-refractivity contribution < 1.29 is 19.5 Å². The van der Waals surface area contributed by atoms with E-state index in [1.165, 1.54) is 4.68 Å². The normalized spacial score (nSPS) is 13.5. The van der Waals surface area contributed by atoms with Crippen LogP contribution in [0.2, 0.25) is 0 Å². The van der Waals surface area contributed by atoms with Crippen molar-refractivity contribution in [2.45, 2.75) is 13.5 Å². The lowest BCUT2D eigenvalue weighted by atomic mass is 10.5. The fourth-order valence-corrected chi connectivity index (χ4v) is 0.987. The Balaban J connectivity index is 0.000000181. The summed E-state index contributed by atoms with van der Waals surface area (Å²) in [6.07, 6.45) is 1.58. The zero-order valence-corrected chi connectivity index (χ0v) is 9.01. The number of carbonyl (C=O) groups is 3. The van der Waals surface area contributed by atoms with Gasteiger partial charge in [0.25, 0.3) is 0 Å². The van der Waals surface area contributed by atoms with Crippen molar-refractivity contribution in [1.82, 2.24) is 25.6 Å². The molecule has 1 aliphatic heterocycles. The fourth-order valence-electron chi connectivity index (χ4n) is 0.987. The van der Waals surface area contributed by atoms with Gasteiger partial charge in [0.2, 0.25) is 5.91 Å². The van der Waals surface area contributed by atoms with E-state index in [2.05, 4.69) is 15.6 Å². The third-order valence-corrected chi connectivity index (χ3v) is 1.61. The van der Waals surface area contributed by atoms with Crippen molar-refractivity contribution in [3.8, 4) is 0 Å². The van der Waals surface area contributed by atoms with Crippen LogP contribution in [0.5, 0.6) is 0 Å². The molecule has 1 saturated heterocycles. The second-order valence-electron chi connectivity index (χ2n) is 3.18. The summed E-state index contributed by atoms with van der Waals surface area (Å²) in [5.41, 5.74) is 0.723. The molecule has 1 aromatic heterocycles. The fraction of sp³-hybridized carbons (Fsp3) is 0.375. The second kappa shape index (κ2) is 5.58. The van der Waals surface area contributed by atoms with Crippen LogP contribution in [0.3, 0.4) is 0 Å². The minimum atomic E-state index is -0.912. The number of hydrogen-bond acceptors (Lipinski definition) is 5. The molecule has 0 saturated carbocycles. The Morgan fingerprint density at radius 3 is 2.59 bits per heavy atom. The number of nitrogens with zero attached hydrogens (tertiary/aromatic N) is 3. The van der Waals surface area contributed by atoms with Gasteiger partial charge in [0, 0.05) is 6.20 Å². The summed E-state index contributed by atoms with van der Waals surface area (Å²) in [6, 6.07) is -0.398. The van der Waals surface area contributed by atoms with Crippen LogP contribution >= 0.6 is 0 Å². The van der Waals surface area contributed by atoms with E-state index >= 15 is 0 Å². The van der Waals surface area contributed by atoms with Crippen LogP contribution in [0, 0.1) is 6.92 Å². The van der Waals surface area contributed by atoms with E-state index in [0.717, 1.165) is 5.69 Å². The van der Waals surface area contributed by atoms with Gasteiger partial charge in [-0.05, 0) is 6.92 Å². The maximum atomic E-state index is 10.1. The smallest absolute Gasteiger partial charge is 0.325 e. The number of imide groups is 1. The standard InChI is InChI=1S/C5H7N3O2.C3H4N2O2/c1-4-2-8(7-6-4)3-5(9)10;6-2-1-4-3(7)5-2/h2H,3H2,1H3,(H,9,10);1H2,(H2,4,5,6,7). The molecule has 2 heterocycles. The van der Waals surface area contributed by atoms with Gasteiger partial charge in [-0.1, -0.05) is 5.21 Å². The van der Waals surface area contributed by atoms with Crippen molar-refractivity contribution in [2.24, 2.45) is 0 Å². The zero-order chi connectivity index (χ0) is 12.8. The largest absolute Gasteiger partial charge is 0.480 e. The monoisotopic (exact) mass is 241 g/mol. The van der Waals surface area contributed by atoms with Crippen LogP contribution in [0.15, 0.2) is 6.20 Å². The minimum Gasteiger partial charge on any atom is -0.480 e. The summed E-state index contributed by atoms with van der Waals surface area (Å²) in [7, 11) is 0. The van der Waals surface area contributed by atoms with Gasteiger partial charge in [0.15, 0.2) is 0 Å². The SMILES string of the molecule is Cc1cn(CC(=O)O)nn1.O=C1CNC(=O)N1. The van der Waals surface area contributed by atoms with Crippen LogP contribution in [0.4, 0.5) is 4.79 Å². The van der Waals surface area contributed by atoms with E-state index in [4.69, 9.17) is 5.11 Å². The molecule has 2 rings (SSSR count). The van der Waals surface area contributed by atoms with Gasteiger partial charge < -0.3 is 10.4 Å². The number of carbonyl (C=O) groups excluding carboxylic acids is 2. The van der Waals surface area contributed by atoms with Crippen molar-refractivity contribution in [3.63, 3.8) is 0 Å². The molecule has 1 fully saturated rings. The van der Waals surface area contributed by atoms with E-state index in [0.29, 0.717) is 0 Å². The molecule has 1 aromatic rings. The topological polar surface area (TPSA) is 126 Å². The lowest BCUT2D eigenvalue weighted by Gasteiger charge is -1.90. The number of aryl methyl sites for hydroxylation is 1. The number of amides is 3. The van der Waals surface area contributed by atoms with Gasteiger partial charge in [-0.2, -0.15) is 0 Å². The summed E-state index contributed by atoms with van der Waals surface area (Å²) in [5, 5.41) is 19.7. The van der Waals surface area contributed by atoms with Crippen LogP contribution in [-0.2, 0) is 16.1 Å². The molecular weight excluding hydrogens is 230 g/mol. The van der Waals surface area contributed by atoms with Gasteiger partial charge in [-0.25, -0.2) is 9.48 Å². The molecule has 0 atom stereocenters. The molecule has 1 aliphatic rings. The predicted molar refractivity (Wildman–Crippen MR) is 53.9 cm³/mol. The van der Waals surface area contributed by atoms with Gasteiger partial charge in [0.1, 0.15) is 6.54 Å². The molecule has 9 nitrogen and oxygen atoms in total. The highest BCUT2D eigenvalue weighted by Crippen LogP contribution is 1.87. The number of nitrogens with one attached hydrogen (secondary N) is 2. The van der Waals surface area contributed by atoms with Crippen molar-refractivity contribution in [2.75, 3.05) is 6.54 Å². The Kier molecular flexibility index (Phi) is 4.14. The average Bonchev–Trinajstić information content (AvgIpc) is 2.76. The van der Waals surface area contributed by atoms with Crippen molar-refractivity contribution >= 4 is 17.9 Å². The minimum absolute atomic E-state index is 0.124. The first-order valence-electron chi connectivity index (χ1n) is 4.63. The molecule has 0 spiro atoms. The van der Waals surface area contributed by atoms with Crippen LogP contribution in [0.1, 0.15) is 5.69 Å². The molecule has 0 aromatic carbocycles. The highest BCUT2D eigenvalue weighted by Gasteiger charge is 2.14. The van der Waals surface area contributed by atoms with E-state index in [1.807, 2.05) is 5.32 Å². The molecule has 0 unspecified atom stereocenters. The molecule has 3 amide bonds. The molecule has 0 aliphatic carbocycles. The van der Waals surface area contributed by atoms with E-state index in [-0.39, 0.29) is 19.0 Å². The number of rotatable bonds is 2. The van der Waals surface area contributed by atoms with Gasteiger partial charge in [-0.3, -0.25) is 14.9 Å². The lowest BCUT2D eigenvalue weighted by Crippen LogP contribution is -2.22. The zero-order valence-electron chi connectivity index (χ0n) is 9.01. The molecule has 9 heteroatoms. The van der Waals surface area contributed by atoms with Crippen molar-refractivity contribution in [3.05, 3.63) is 11.9 Å². The molecular formula is C8H11N5O4. The molecule has 3 N–H and O–H groups in total. The Morgan fingerprint density at radius 2 is 2.29 bits per heavy atom. The Labute approximate surface area is 95.8 Å². The predicted octanol–water partition coefficient (Wildman–Crippen LogP) is -1.50. The number of carboxylic acid groups (broad SMARTS) is 1. The number of urea groups is 1. The number of hydrogen-bond donors (Lipinski definition) is 3. The van der Waals surface area contributed by atoms with Gasteiger partial charge in [-0.15, -0.1) is 5.10 Å². The number of aliphatic carboxylic acids is 1. The highest BCUT2D eigenvalue weighted by atomic mass is 16.4. The first-order chi connectivity index (χ1) is 7.97. The van der Waals surface area contributed by atoms with Gasteiger partial charge in [0.05, 0.1) is 12.2 Å². The molecule has 0 radical (unpaired) electrons. The molecule has 17 heavy (non-hydrogen) atoms. The summed E-state index contributed by atoms with van der Waals surface area (Å²) in [4.78, 5) is 30.2. The molecule has 92 valence electrons. The van der Waals surface area contributed by atoms with Crippen molar-refractivity contribution in [1.29, 1.82) is 0 Å². The highest BCUT2D eigenvalue weighted by molar-refractivity contribution is 6.01. The third-order valence-electron chi connectivity index (χ3n) is 1.61. The summed E-state index contributed by atoms with van der Waals surface area (Å²) >= 11 is 0. The van der Waals surface area contributed by atoms with E-state index in [1.54, 1.807) is 13.1 Å². The molecule has 0 bridgehead atoms. The van der Waals surface area contributed by atoms with E-state index in [9.17, 15) is 14.4 Å². The first-order valence-corrected chi connectivity index (χ1v) is 4.63. The maximum Gasteiger partial charge on any atom is 0.325 e. The summed E-state index contributed by atoms with van der Waals surface area (Å²) in [5.74, 6) is -1.17. The summed E-state index contributed by atoms with van der Waals surface area (Å²) < 4.78 is 1.28. The number of carboxylic acids is 1. The first kappa shape index (κ1) is 12.6. The average molecular weight is 241 g/mol. The quantitative estimate of drug-likeness (QED) is 0.541. The Morgan fingerprint density at radius 1 is 1.59 bits per heavy atom. The summed E-state index contributed by atoms with van der Waals surface area (Å²) in [6.45, 7) is 1.75. The number of aromatic nitrogens is 3. The van der Waals surface area contributed by atoms with Crippen LogP contribution in [-0.4, -0.2) is 44.6 Å². The third kappa shape index (κ3) is 4.73.